The van der Waals surface area contributed by atoms with Crippen molar-refractivity contribution in [1.29, 1.82) is 0 Å². The Labute approximate surface area is 166 Å². The molecular weight excluding hydrogens is 372 g/mol. The third-order valence-corrected chi connectivity index (χ3v) is 5.41. The average Bonchev–Trinajstić information content (AvgIpc) is 2.66. The molecule has 0 atom stereocenters. The van der Waals surface area contributed by atoms with Crippen LogP contribution < -0.4 is 9.47 Å². The predicted octanol–water partition coefficient (Wildman–Crippen LogP) is 3.30. The standard InChI is InChI=1S/C22H24N2O3S/c1-23(2)20-12-9-18(10-13-20)8-11-19-14-16-24(15-5-17-28(25,26)27)22-7-4-3-6-21(19)22/h3-4,6-14,16H,5,15,17H2,1-2H3. The van der Waals surface area contributed by atoms with E-state index in [9.17, 15) is 13.0 Å². The second kappa shape index (κ2) is 8.54. The first-order valence-electron chi connectivity index (χ1n) is 9.14. The van der Waals surface area contributed by atoms with Crippen LogP contribution in [-0.4, -0.2) is 32.8 Å². The molecule has 0 saturated carbocycles. The zero-order valence-corrected chi connectivity index (χ0v) is 16.9. The van der Waals surface area contributed by atoms with Crippen LogP contribution in [0.5, 0.6) is 0 Å². The number of hydrogen-bond acceptors (Lipinski definition) is 4. The summed E-state index contributed by atoms with van der Waals surface area (Å²) < 4.78 is 34.5. The average molecular weight is 397 g/mol. The highest BCUT2D eigenvalue weighted by Crippen LogP contribution is 2.19. The van der Waals surface area contributed by atoms with Crippen LogP contribution in [0.15, 0.2) is 60.8 Å². The van der Waals surface area contributed by atoms with Gasteiger partial charge in [0.25, 0.3) is 0 Å². The topological polar surface area (TPSA) is 64.3 Å². The first kappa shape index (κ1) is 20.0. The molecule has 0 aliphatic rings. The van der Waals surface area contributed by atoms with Crippen molar-refractivity contribution in [2.24, 2.45) is 0 Å². The summed E-state index contributed by atoms with van der Waals surface area (Å²) >= 11 is 0. The molecule has 1 heterocycles. The minimum absolute atomic E-state index is 0.300. The predicted molar refractivity (Wildman–Crippen MR) is 113 cm³/mol. The molecule has 1 aromatic heterocycles. The van der Waals surface area contributed by atoms with E-state index in [2.05, 4.69) is 41.3 Å². The lowest BCUT2D eigenvalue weighted by molar-refractivity contribution is -0.671. The summed E-state index contributed by atoms with van der Waals surface area (Å²) in [6.45, 7) is 0.484. The largest absolute Gasteiger partial charge is 0.748 e. The number of aromatic nitrogens is 1. The molecule has 0 aliphatic carbocycles. The molecule has 6 heteroatoms. The van der Waals surface area contributed by atoms with E-state index in [0.717, 1.165) is 27.7 Å². The summed E-state index contributed by atoms with van der Waals surface area (Å²) in [4.78, 5) is 2.06. The lowest BCUT2D eigenvalue weighted by Gasteiger charge is -2.11. The Kier molecular flexibility index (Phi) is 6.11. The number of nitrogens with zero attached hydrogens (tertiary/aromatic N) is 2. The number of pyridine rings is 1. The second-order valence-electron chi connectivity index (χ2n) is 6.92. The van der Waals surface area contributed by atoms with Crippen molar-refractivity contribution in [3.63, 3.8) is 0 Å². The fourth-order valence-electron chi connectivity index (χ4n) is 3.13. The summed E-state index contributed by atoms with van der Waals surface area (Å²) in [5.41, 5.74) is 4.37. The number of hydrogen-bond donors (Lipinski definition) is 0. The van der Waals surface area contributed by atoms with Crippen LogP contribution in [-0.2, 0) is 16.7 Å². The molecule has 0 radical (unpaired) electrons. The fraction of sp³-hybridized carbons (Fsp3) is 0.227. The first-order chi connectivity index (χ1) is 13.3. The van der Waals surface area contributed by atoms with Crippen molar-refractivity contribution in [2.75, 3.05) is 24.7 Å². The van der Waals surface area contributed by atoms with E-state index in [-0.39, 0.29) is 5.75 Å². The van der Waals surface area contributed by atoms with E-state index >= 15 is 0 Å². The van der Waals surface area contributed by atoms with Crippen LogP contribution in [0.4, 0.5) is 5.69 Å². The van der Waals surface area contributed by atoms with Gasteiger partial charge in [-0.25, -0.2) is 8.42 Å². The fourth-order valence-corrected chi connectivity index (χ4v) is 3.61. The van der Waals surface area contributed by atoms with Crippen LogP contribution >= 0.6 is 0 Å². The molecule has 0 bridgehead atoms. The molecule has 2 aromatic carbocycles. The molecule has 0 amide bonds. The van der Waals surface area contributed by atoms with E-state index in [1.807, 2.05) is 55.2 Å². The van der Waals surface area contributed by atoms with Crippen molar-refractivity contribution >= 4 is 38.9 Å². The number of aryl methyl sites for hydroxylation is 1. The van der Waals surface area contributed by atoms with Gasteiger partial charge >= 0.3 is 0 Å². The molecule has 3 rings (SSSR count). The van der Waals surface area contributed by atoms with Crippen molar-refractivity contribution < 1.29 is 17.5 Å². The molecule has 146 valence electrons. The maximum absolute atomic E-state index is 10.8. The maximum atomic E-state index is 10.8. The second-order valence-corrected chi connectivity index (χ2v) is 8.44. The number of anilines is 1. The van der Waals surface area contributed by atoms with Crippen LogP contribution in [0.2, 0.25) is 0 Å². The minimum atomic E-state index is -4.18. The lowest BCUT2D eigenvalue weighted by Crippen LogP contribution is -2.35. The third kappa shape index (κ3) is 5.18. The minimum Gasteiger partial charge on any atom is -0.748 e. The number of benzene rings is 2. The summed E-state index contributed by atoms with van der Waals surface area (Å²) in [6.07, 6.45) is 6.40. The maximum Gasteiger partial charge on any atom is 0.213 e. The van der Waals surface area contributed by atoms with E-state index in [4.69, 9.17) is 0 Å². The van der Waals surface area contributed by atoms with Crippen LogP contribution in [0.3, 0.4) is 0 Å². The van der Waals surface area contributed by atoms with Crippen molar-refractivity contribution in [1.82, 2.24) is 0 Å². The van der Waals surface area contributed by atoms with Crippen molar-refractivity contribution in [2.45, 2.75) is 13.0 Å². The molecule has 3 aromatic rings. The van der Waals surface area contributed by atoms with Gasteiger partial charge in [-0.1, -0.05) is 36.4 Å². The van der Waals surface area contributed by atoms with E-state index < -0.39 is 10.1 Å². The van der Waals surface area contributed by atoms with Crippen LogP contribution in [0.1, 0.15) is 17.5 Å². The Morgan fingerprint density at radius 1 is 1.00 bits per heavy atom. The molecular formula is C22H24N2O3S. The van der Waals surface area contributed by atoms with Gasteiger partial charge in [0, 0.05) is 44.1 Å². The van der Waals surface area contributed by atoms with E-state index in [0.29, 0.717) is 13.0 Å². The highest BCUT2D eigenvalue weighted by Gasteiger charge is 2.11. The quantitative estimate of drug-likeness (QED) is 0.454. The lowest BCUT2D eigenvalue weighted by atomic mass is 10.1. The molecule has 0 spiro atoms. The number of para-hydroxylation sites is 1. The smallest absolute Gasteiger partial charge is 0.213 e. The number of fused-ring (bicyclic) bond motifs is 1. The molecule has 0 aliphatic heterocycles. The van der Waals surface area contributed by atoms with Gasteiger partial charge in [-0.15, -0.1) is 0 Å². The third-order valence-electron chi connectivity index (χ3n) is 4.62. The van der Waals surface area contributed by atoms with Gasteiger partial charge in [0.1, 0.15) is 6.54 Å². The zero-order valence-electron chi connectivity index (χ0n) is 16.1. The zero-order chi connectivity index (χ0) is 20.1. The van der Waals surface area contributed by atoms with Gasteiger partial charge in [0.2, 0.25) is 5.52 Å². The summed E-state index contributed by atoms with van der Waals surface area (Å²) in [5.74, 6) is -0.348. The highest BCUT2D eigenvalue weighted by atomic mass is 32.2. The van der Waals surface area contributed by atoms with Crippen LogP contribution in [0, 0.1) is 0 Å². The molecule has 5 nitrogen and oxygen atoms in total. The molecule has 28 heavy (non-hydrogen) atoms. The monoisotopic (exact) mass is 396 g/mol. The van der Waals surface area contributed by atoms with Gasteiger partial charge in [0.15, 0.2) is 6.20 Å². The van der Waals surface area contributed by atoms with Gasteiger partial charge in [0.05, 0.1) is 15.5 Å². The molecule has 0 unspecified atom stereocenters. The molecule has 0 fully saturated rings. The van der Waals surface area contributed by atoms with Crippen molar-refractivity contribution in [3.8, 4) is 0 Å². The van der Waals surface area contributed by atoms with Crippen molar-refractivity contribution in [3.05, 3.63) is 71.9 Å². The normalized spacial score (nSPS) is 12.0. The Morgan fingerprint density at radius 3 is 2.39 bits per heavy atom. The molecule has 0 N–H and O–H groups in total. The van der Waals surface area contributed by atoms with Gasteiger partial charge in [-0.2, -0.15) is 4.57 Å². The summed E-state index contributed by atoms with van der Waals surface area (Å²) in [7, 11) is -0.148. The first-order valence-corrected chi connectivity index (χ1v) is 10.7. The van der Waals surface area contributed by atoms with E-state index in [1.165, 1.54) is 0 Å². The van der Waals surface area contributed by atoms with Gasteiger partial charge < -0.3 is 9.45 Å². The Bertz CT molecular complexity index is 1090. The molecule has 0 saturated heterocycles. The Morgan fingerprint density at radius 2 is 1.71 bits per heavy atom. The highest BCUT2D eigenvalue weighted by molar-refractivity contribution is 7.85. The van der Waals surface area contributed by atoms with Gasteiger partial charge in [-0.3, -0.25) is 0 Å². The summed E-state index contributed by atoms with van der Waals surface area (Å²) in [6, 6.07) is 18.3. The Balaban J connectivity index is 1.85. The SMILES string of the molecule is CN(C)c1ccc(/C=C/c2cc[n+](CCCS(=O)(=O)[O-])c3ccccc23)cc1. The number of rotatable bonds is 7. The summed E-state index contributed by atoms with van der Waals surface area (Å²) in [5, 5.41) is 1.08. The van der Waals surface area contributed by atoms with E-state index in [1.54, 1.807) is 0 Å². The Hall–Kier alpha value is -2.70. The van der Waals surface area contributed by atoms with Gasteiger partial charge in [-0.05, 0) is 29.3 Å². The van der Waals surface area contributed by atoms with Crippen LogP contribution in [0.25, 0.3) is 23.1 Å².